The second-order valence-corrected chi connectivity index (χ2v) is 17.9. The third-order valence-corrected chi connectivity index (χ3v) is 12.3. The van der Waals surface area contributed by atoms with Crippen LogP contribution in [0, 0.1) is 0 Å². The van der Waals surface area contributed by atoms with Crippen molar-refractivity contribution >= 4 is 0 Å². The minimum atomic E-state index is 1.08. The van der Waals surface area contributed by atoms with Crippen LogP contribution in [0.25, 0.3) is 0 Å². The molecule has 0 bridgehead atoms. The summed E-state index contributed by atoms with van der Waals surface area (Å²) in [6, 6.07) is 0. The standard InChI is InChI=1S/C54H98N6/c1-3-5-7-9-11-13-15-17-19-21-23-25-27-29-31-33-43-57(47-37-49-59-51-39-55-40-52-59)45-35-36-46-58(48-38-50-60-53-41-56-42-54-60)44-34-32-30-28-26-24-22-20-18-16-14-12-10-8-6-4-2/h17-20,39-42,51-54H,3-16,21-38,43-50H2,1-2H3/q+2/b19-17-,20-18-. The van der Waals surface area contributed by atoms with Crippen molar-refractivity contribution in [3.8, 4) is 0 Å². The van der Waals surface area contributed by atoms with E-state index in [1.165, 1.54) is 245 Å². The third kappa shape index (κ3) is 35.2. The molecule has 2 heterocycles. The number of hydrogen-bond donors (Lipinski definition) is 0. The van der Waals surface area contributed by atoms with Gasteiger partial charge in [-0.05, 0) is 103 Å². The van der Waals surface area contributed by atoms with Gasteiger partial charge < -0.3 is 9.80 Å². The van der Waals surface area contributed by atoms with Crippen LogP contribution in [0.1, 0.15) is 219 Å². The van der Waals surface area contributed by atoms with Gasteiger partial charge in [0.1, 0.15) is 13.1 Å². The van der Waals surface area contributed by atoms with Crippen LogP contribution < -0.4 is 9.13 Å². The summed E-state index contributed by atoms with van der Waals surface area (Å²) in [5.41, 5.74) is 0. The van der Waals surface area contributed by atoms with Crippen molar-refractivity contribution in [1.82, 2.24) is 19.8 Å². The lowest BCUT2D eigenvalue weighted by atomic mass is 10.1. The SMILES string of the molecule is CCCCCCCC/C=C\CCCCCCCCN(CCCCN(CCCCCCCC/C=C\CCCCCCCC)CCC[n+]1ccncc1)CCC[n+]1ccncc1. The molecule has 0 atom stereocenters. The largest absolute Gasteiger partial charge is 0.303 e. The van der Waals surface area contributed by atoms with E-state index in [0.29, 0.717) is 0 Å². The van der Waals surface area contributed by atoms with Crippen molar-refractivity contribution in [3.05, 3.63) is 73.9 Å². The molecule has 6 nitrogen and oxygen atoms in total. The number of aromatic nitrogens is 4. The van der Waals surface area contributed by atoms with Crippen molar-refractivity contribution in [3.63, 3.8) is 0 Å². The van der Waals surface area contributed by atoms with Gasteiger partial charge in [-0.1, -0.05) is 154 Å². The Morgan fingerprint density at radius 1 is 0.317 bits per heavy atom. The molecule has 2 aromatic heterocycles. The summed E-state index contributed by atoms with van der Waals surface area (Å²) in [4.78, 5) is 14.0. The van der Waals surface area contributed by atoms with Gasteiger partial charge in [0.2, 0.25) is 0 Å². The number of hydrogen-bond acceptors (Lipinski definition) is 4. The zero-order chi connectivity index (χ0) is 42.5. The van der Waals surface area contributed by atoms with Gasteiger partial charge in [-0.3, -0.25) is 9.97 Å². The van der Waals surface area contributed by atoms with E-state index in [2.05, 4.69) is 91.8 Å². The van der Waals surface area contributed by atoms with Gasteiger partial charge in [0.25, 0.3) is 0 Å². The van der Waals surface area contributed by atoms with E-state index in [-0.39, 0.29) is 0 Å². The Morgan fingerprint density at radius 3 is 0.883 bits per heavy atom. The lowest BCUT2D eigenvalue weighted by Crippen LogP contribution is -2.36. The monoisotopic (exact) mass is 831 g/mol. The van der Waals surface area contributed by atoms with Gasteiger partial charge in [-0.25, -0.2) is 9.13 Å². The molecule has 342 valence electrons. The van der Waals surface area contributed by atoms with E-state index in [1.807, 2.05) is 24.8 Å². The van der Waals surface area contributed by atoms with E-state index >= 15 is 0 Å². The first-order valence-electron chi connectivity index (χ1n) is 26.1. The quantitative estimate of drug-likeness (QED) is 0.0379. The second-order valence-electron chi connectivity index (χ2n) is 17.9. The maximum Gasteiger partial charge on any atom is 0.187 e. The summed E-state index contributed by atoms with van der Waals surface area (Å²) in [6.07, 6.45) is 69.3. The van der Waals surface area contributed by atoms with Crippen LogP contribution in [-0.2, 0) is 13.1 Å². The van der Waals surface area contributed by atoms with Crippen molar-refractivity contribution < 1.29 is 9.13 Å². The van der Waals surface area contributed by atoms with Gasteiger partial charge in [0.05, 0.1) is 24.8 Å². The Labute approximate surface area is 373 Å². The number of allylic oxidation sites excluding steroid dienone is 4. The van der Waals surface area contributed by atoms with Crippen LogP contribution in [0.15, 0.2) is 73.9 Å². The topological polar surface area (TPSA) is 40.0 Å². The third-order valence-electron chi connectivity index (χ3n) is 12.3. The molecule has 6 heteroatoms. The van der Waals surface area contributed by atoms with Gasteiger partial charge in [-0.2, -0.15) is 0 Å². The fourth-order valence-corrected chi connectivity index (χ4v) is 8.45. The van der Waals surface area contributed by atoms with Crippen LogP contribution in [0.4, 0.5) is 0 Å². The molecule has 2 rings (SSSR count). The highest BCUT2D eigenvalue weighted by Crippen LogP contribution is 2.13. The van der Waals surface area contributed by atoms with Crippen LogP contribution in [0.5, 0.6) is 0 Å². The first-order chi connectivity index (χ1) is 29.8. The van der Waals surface area contributed by atoms with E-state index < -0.39 is 0 Å². The average molecular weight is 831 g/mol. The molecule has 0 N–H and O–H groups in total. The highest BCUT2D eigenvalue weighted by atomic mass is 15.1. The molecule has 0 radical (unpaired) electrons. The maximum atomic E-state index is 4.21. The van der Waals surface area contributed by atoms with Gasteiger partial charge >= 0.3 is 0 Å². The molecule has 0 aromatic carbocycles. The van der Waals surface area contributed by atoms with Crippen molar-refractivity contribution in [2.24, 2.45) is 0 Å². The Morgan fingerprint density at radius 2 is 0.567 bits per heavy atom. The first-order valence-corrected chi connectivity index (χ1v) is 26.1. The van der Waals surface area contributed by atoms with Crippen LogP contribution in [0.3, 0.4) is 0 Å². The fraction of sp³-hybridized carbons (Fsp3) is 0.778. The maximum absolute atomic E-state index is 4.21. The van der Waals surface area contributed by atoms with Crippen LogP contribution in [-0.4, -0.2) is 59.0 Å². The predicted molar refractivity (Wildman–Crippen MR) is 259 cm³/mol. The molecular weight excluding hydrogens is 733 g/mol. The molecule has 0 aliphatic carbocycles. The molecule has 0 aliphatic heterocycles. The van der Waals surface area contributed by atoms with E-state index in [9.17, 15) is 0 Å². The number of rotatable bonds is 45. The van der Waals surface area contributed by atoms with Gasteiger partial charge in [-0.15, -0.1) is 0 Å². The van der Waals surface area contributed by atoms with Crippen LogP contribution >= 0.6 is 0 Å². The van der Waals surface area contributed by atoms with Crippen LogP contribution in [0.2, 0.25) is 0 Å². The molecule has 2 aromatic rings. The van der Waals surface area contributed by atoms with Crippen molar-refractivity contribution in [2.75, 3.05) is 39.3 Å². The summed E-state index contributed by atoms with van der Waals surface area (Å²) in [7, 11) is 0. The summed E-state index contributed by atoms with van der Waals surface area (Å²) in [6.45, 7) is 14.1. The molecule has 0 spiro atoms. The molecule has 0 saturated heterocycles. The van der Waals surface area contributed by atoms with Gasteiger partial charge in [0, 0.05) is 25.9 Å². The number of unbranched alkanes of at least 4 members (excludes halogenated alkanes) is 25. The zero-order valence-corrected chi connectivity index (χ0v) is 39.9. The Kier molecular flexibility index (Phi) is 38.7. The normalized spacial score (nSPS) is 12.0. The first kappa shape index (κ1) is 53.7. The lowest BCUT2D eigenvalue weighted by Gasteiger charge is -2.24. The predicted octanol–water partition coefficient (Wildman–Crippen LogP) is 14.0. The average Bonchev–Trinajstić information content (AvgIpc) is 3.27. The Hall–Kier alpha value is -2.44. The van der Waals surface area contributed by atoms with Crippen molar-refractivity contribution in [2.45, 2.75) is 232 Å². The summed E-state index contributed by atoms with van der Waals surface area (Å²) in [5.74, 6) is 0. The molecule has 0 aliphatic rings. The minimum Gasteiger partial charge on any atom is -0.303 e. The minimum absolute atomic E-state index is 1.08. The number of nitrogens with zero attached hydrogens (tertiary/aromatic N) is 6. The van der Waals surface area contributed by atoms with E-state index in [4.69, 9.17) is 0 Å². The molecular formula is C54H98N6+2. The number of aryl methyl sites for hydroxylation is 2. The summed E-state index contributed by atoms with van der Waals surface area (Å²) >= 11 is 0. The van der Waals surface area contributed by atoms with Crippen molar-refractivity contribution in [1.29, 1.82) is 0 Å². The molecule has 0 unspecified atom stereocenters. The Balaban J connectivity index is 1.65. The molecule has 0 fully saturated rings. The smallest absolute Gasteiger partial charge is 0.187 e. The van der Waals surface area contributed by atoms with E-state index in [0.717, 1.165) is 13.1 Å². The Bertz CT molecular complexity index is 1090. The molecule has 60 heavy (non-hydrogen) atoms. The lowest BCUT2D eigenvalue weighted by molar-refractivity contribution is -0.697. The second kappa shape index (κ2) is 43.2. The summed E-state index contributed by atoms with van der Waals surface area (Å²) in [5, 5.41) is 0. The zero-order valence-electron chi connectivity index (χ0n) is 39.9. The molecule has 0 saturated carbocycles. The highest BCUT2D eigenvalue weighted by Gasteiger charge is 2.10. The van der Waals surface area contributed by atoms with E-state index in [1.54, 1.807) is 0 Å². The van der Waals surface area contributed by atoms with Gasteiger partial charge in [0.15, 0.2) is 24.8 Å². The highest BCUT2D eigenvalue weighted by molar-refractivity contribution is 4.82. The summed E-state index contributed by atoms with van der Waals surface area (Å²) < 4.78 is 4.57. The fourth-order valence-electron chi connectivity index (χ4n) is 8.45. The molecule has 0 amide bonds.